The summed E-state index contributed by atoms with van der Waals surface area (Å²) in [6.07, 6.45) is 16.2. The molecule has 0 aliphatic carbocycles. The van der Waals surface area contributed by atoms with Crippen molar-refractivity contribution in [2.75, 3.05) is 0 Å². The number of hydrogen-bond acceptors (Lipinski definition) is 3. The third kappa shape index (κ3) is 8.89. The van der Waals surface area contributed by atoms with Crippen molar-refractivity contribution in [3.63, 3.8) is 0 Å². The SMILES string of the molecule is CCCCCCCCCc1ccc(-c2ccc(C(=O)Oc3ccc(CCCCC)cc3F)cc2)nc1. The molecule has 3 nitrogen and oxygen atoms in total. The van der Waals surface area contributed by atoms with Gasteiger partial charge in [0.1, 0.15) is 0 Å². The van der Waals surface area contributed by atoms with Crippen molar-refractivity contribution in [3.8, 4) is 17.0 Å². The molecular weight excluding hydrogens is 449 g/mol. The van der Waals surface area contributed by atoms with E-state index in [1.165, 1.54) is 56.6 Å². The summed E-state index contributed by atoms with van der Waals surface area (Å²) < 4.78 is 19.7. The maximum atomic E-state index is 14.4. The Morgan fingerprint density at radius 1 is 0.750 bits per heavy atom. The number of pyridine rings is 1. The lowest BCUT2D eigenvalue weighted by Gasteiger charge is -2.08. The Morgan fingerprint density at radius 3 is 2.03 bits per heavy atom. The van der Waals surface area contributed by atoms with Crippen LogP contribution in [-0.4, -0.2) is 11.0 Å². The van der Waals surface area contributed by atoms with Crippen molar-refractivity contribution < 1.29 is 13.9 Å². The van der Waals surface area contributed by atoms with E-state index in [-0.39, 0.29) is 5.75 Å². The maximum absolute atomic E-state index is 14.4. The number of carbonyl (C=O) groups is 1. The van der Waals surface area contributed by atoms with Gasteiger partial charge in [0.2, 0.25) is 0 Å². The minimum atomic E-state index is -0.572. The molecule has 36 heavy (non-hydrogen) atoms. The number of esters is 1. The first-order valence-corrected chi connectivity index (χ1v) is 13.7. The van der Waals surface area contributed by atoms with Gasteiger partial charge in [0, 0.05) is 11.8 Å². The van der Waals surface area contributed by atoms with Crippen LogP contribution in [0.15, 0.2) is 60.8 Å². The maximum Gasteiger partial charge on any atom is 0.343 e. The summed E-state index contributed by atoms with van der Waals surface area (Å²) in [6, 6.07) is 16.1. The number of benzene rings is 2. The number of halogens is 1. The Hall–Kier alpha value is -3.01. The molecule has 0 unspecified atom stereocenters. The molecule has 0 saturated carbocycles. The minimum Gasteiger partial charge on any atom is -0.420 e. The fourth-order valence-electron chi connectivity index (χ4n) is 4.33. The van der Waals surface area contributed by atoms with Crippen LogP contribution in [0.4, 0.5) is 4.39 Å². The number of aryl methyl sites for hydroxylation is 2. The fourth-order valence-corrected chi connectivity index (χ4v) is 4.33. The van der Waals surface area contributed by atoms with E-state index < -0.39 is 11.8 Å². The topological polar surface area (TPSA) is 39.2 Å². The van der Waals surface area contributed by atoms with Gasteiger partial charge in [-0.1, -0.05) is 89.5 Å². The van der Waals surface area contributed by atoms with Gasteiger partial charge in [-0.3, -0.25) is 4.98 Å². The first kappa shape index (κ1) is 27.6. The van der Waals surface area contributed by atoms with Gasteiger partial charge >= 0.3 is 5.97 Å². The Balaban J connectivity index is 1.49. The highest BCUT2D eigenvalue weighted by molar-refractivity contribution is 5.91. The lowest BCUT2D eigenvalue weighted by Crippen LogP contribution is -2.09. The van der Waals surface area contributed by atoms with Crippen LogP contribution in [0.25, 0.3) is 11.3 Å². The predicted octanol–water partition coefficient (Wildman–Crippen LogP) is 9.13. The molecule has 0 N–H and O–H groups in total. The second-order valence-corrected chi connectivity index (χ2v) is 9.61. The van der Waals surface area contributed by atoms with Gasteiger partial charge in [0.05, 0.1) is 11.3 Å². The summed E-state index contributed by atoms with van der Waals surface area (Å²) >= 11 is 0. The molecule has 3 aromatic rings. The molecule has 0 aliphatic heterocycles. The Bertz CT molecular complexity index is 1060. The zero-order valence-electron chi connectivity index (χ0n) is 21.9. The molecule has 3 rings (SSSR count). The van der Waals surface area contributed by atoms with Gasteiger partial charge in [-0.2, -0.15) is 0 Å². The smallest absolute Gasteiger partial charge is 0.343 e. The Kier molecular flexibility index (Phi) is 11.6. The molecule has 0 amide bonds. The van der Waals surface area contributed by atoms with E-state index in [4.69, 9.17) is 4.74 Å². The normalized spacial score (nSPS) is 11.0. The van der Waals surface area contributed by atoms with Gasteiger partial charge in [-0.25, -0.2) is 9.18 Å². The Morgan fingerprint density at radius 2 is 1.36 bits per heavy atom. The zero-order chi connectivity index (χ0) is 25.6. The molecule has 0 saturated heterocycles. The summed E-state index contributed by atoms with van der Waals surface area (Å²) in [5.41, 5.74) is 4.34. The van der Waals surface area contributed by atoms with Crippen LogP contribution in [0.2, 0.25) is 0 Å². The number of carbonyl (C=O) groups excluding carboxylic acids is 1. The van der Waals surface area contributed by atoms with E-state index in [9.17, 15) is 9.18 Å². The second-order valence-electron chi connectivity index (χ2n) is 9.61. The summed E-state index contributed by atoms with van der Waals surface area (Å²) in [5, 5.41) is 0. The standard InChI is InChI=1S/C32H40FNO2/c1-3-5-7-8-9-10-12-14-26-15-21-30(34-24-26)27-17-19-28(20-18-27)32(35)36-31-22-16-25(23-29(31)33)13-11-6-4-2/h15-24H,3-14H2,1-2H3. The van der Waals surface area contributed by atoms with Crippen molar-refractivity contribution >= 4 is 5.97 Å². The first-order valence-electron chi connectivity index (χ1n) is 13.7. The molecule has 2 aromatic carbocycles. The van der Waals surface area contributed by atoms with Crippen molar-refractivity contribution in [3.05, 3.63) is 83.3 Å². The van der Waals surface area contributed by atoms with Crippen molar-refractivity contribution in [1.82, 2.24) is 4.98 Å². The molecule has 192 valence electrons. The van der Waals surface area contributed by atoms with Gasteiger partial charge in [-0.05, 0) is 67.1 Å². The van der Waals surface area contributed by atoms with E-state index >= 15 is 0 Å². The average molecular weight is 490 g/mol. The number of unbranched alkanes of at least 4 members (excludes halogenated alkanes) is 8. The molecule has 1 aromatic heterocycles. The summed E-state index contributed by atoms with van der Waals surface area (Å²) in [4.78, 5) is 17.2. The molecule has 0 spiro atoms. The van der Waals surface area contributed by atoms with Crippen LogP contribution in [0.5, 0.6) is 5.75 Å². The second kappa shape index (κ2) is 15.2. The van der Waals surface area contributed by atoms with Crippen LogP contribution in [0, 0.1) is 5.82 Å². The quantitative estimate of drug-likeness (QED) is 0.121. The van der Waals surface area contributed by atoms with E-state index in [1.54, 1.807) is 18.2 Å². The molecule has 4 heteroatoms. The van der Waals surface area contributed by atoms with Crippen LogP contribution < -0.4 is 4.74 Å². The predicted molar refractivity (Wildman–Crippen MR) is 146 cm³/mol. The number of rotatable bonds is 15. The monoisotopic (exact) mass is 489 g/mol. The van der Waals surface area contributed by atoms with Crippen LogP contribution in [0.1, 0.15) is 99.5 Å². The highest BCUT2D eigenvalue weighted by Gasteiger charge is 2.13. The van der Waals surface area contributed by atoms with Crippen molar-refractivity contribution in [2.45, 2.75) is 90.9 Å². The van der Waals surface area contributed by atoms with Crippen molar-refractivity contribution in [1.29, 1.82) is 0 Å². The van der Waals surface area contributed by atoms with Crippen LogP contribution >= 0.6 is 0 Å². The highest BCUT2D eigenvalue weighted by Crippen LogP contribution is 2.23. The van der Waals surface area contributed by atoms with E-state index in [0.29, 0.717) is 5.56 Å². The number of aromatic nitrogens is 1. The third-order valence-electron chi connectivity index (χ3n) is 6.58. The summed E-state index contributed by atoms with van der Waals surface area (Å²) in [7, 11) is 0. The fraction of sp³-hybridized carbons (Fsp3) is 0.438. The Labute approximate surface area is 216 Å². The molecule has 1 heterocycles. The first-order chi connectivity index (χ1) is 17.6. The molecule has 0 atom stereocenters. The average Bonchev–Trinajstić information content (AvgIpc) is 2.90. The van der Waals surface area contributed by atoms with E-state index in [1.807, 2.05) is 30.5 Å². The molecule has 0 bridgehead atoms. The van der Waals surface area contributed by atoms with Gasteiger partial charge in [-0.15, -0.1) is 0 Å². The number of ether oxygens (including phenoxy) is 1. The minimum absolute atomic E-state index is 0.0402. The highest BCUT2D eigenvalue weighted by atomic mass is 19.1. The van der Waals surface area contributed by atoms with Gasteiger partial charge in [0.25, 0.3) is 0 Å². The largest absolute Gasteiger partial charge is 0.420 e. The molecular formula is C32H40FNO2. The number of hydrogen-bond donors (Lipinski definition) is 0. The lowest BCUT2D eigenvalue weighted by molar-refractivity contribution is 0.0728. The van der Waals surface area contributed by atoms with E-state index in [0.717, 1.165) is 48.9 Å². The lowest BCUT2D eigenvalue weighted by atomic mass is 10.0. The van der Waals surface area contributed by atoms with E-state index in [2.05, 4.69) is 24.9 Å². The van der Waals surface area contributed by atoms with Crippen molar-refractivity contribution in [2.24, 2.45) is 0 Å². The van der Waals surface area contributed by atoms with Gasteiger partial charge in [0.15, 0.2) is 11.6 Å². The third-order valence-corrected chi connectivity index (χ3v) is 6.58. The van der Waals surface area contributed by atoms with Crippen LogP contribution in [-0.2, 0) is 12.8 Å². The summed E-state index contributed by atoms with van der Waals surface area (Å²) in [5.74, 6) is -1.12. The molecule has 0 radical (unpaired) electrons. The van der Waals surface area contributed by atoms with Crippen LogP contribution in [0.3, 0.4) is 0 Å². The molecule has 0 fully saturated rings. The molecule has 0 aliphatic rings. The summed E-state index contributed by atoms with van der Waals surface area (Å²) in [6.45, 7) is 4.39. The number of nitrogens with zero attached hydrogens (tertiary/aromatic N) is 1. The zero-order valence-corrected chi connectivity index (χ0v) is 21.9. The van der Waals surface area contributed by atoms with Gasteiger partial charge < -0.3 is 4.74 Å².